The summed E-state index contributed by atoms with van der Waals surface area (Å²) < 4.78 is 10.7. The summed E-state index contributed by atoms with van der Waals surface area (Å²) in [6, 6.07) is 3.95. The third-order valence-electron chi connectivity index (χ3n) is 3.85. The summed E-state index contributed by atoms with van der Waals surface area (Å²) in [4.78, 5) is 12.0. The number of hydrogen-bond donors (Lipinski definition) is 2. The number of benzene rings is 1. The Labute approximate surface area is 98.1 Å². The van der Waals surface area contributed by atoms with E-state index in [1.54, 1.807) is 0 Å². The Kier molecular flexibility index (Phi) is 1.60. The minimum Gasteiger partial charge on any atom is -0.454 e. The van der Waals surface area contributed by atoms with Crippen LogP contribution in [0.15, 0.2) is 12.1 Å². The largest absolute Gasteiger partial charge is 0.454 e. The maximum Gasteiger partial charge on any atom is 0.245 e. The fourth-order valence-electron chi connectivity index (χ4n) is 2.97. The molecule has 0 bridgehead atoms. The van der Waals surface area contributed by atoms with Crippen molar-refractivity contribution in [3.8, 4) is 11.5 Å². The van der Waals surface area contributed by atoms with Gasteiger partial charge in [-0.15, -0.1) is 0 Å². The van der Waals surface area contributed by atoms with Crippen molar-refractivity contribution in [1.29, 1.82) is 0 Å². The quantitative estimate of drug-likeness (QED) is 0.672. The van der Waals surface area contributed by atoms with E-state index < -0.39 is 5.54 Å². The van der Waals surface area contributed by atoms with Crippen LogP contribution in [0.4, 0.5) is 0 Å². The molecule has 0 radical (unpaired) electrons. The van der Waals surface area contributed by atoms with Gasteiger partial charge in [0.15, 0.2) is 11.5 Å². The Balaban J connectivity index is 1.90. The first-order valence-electron chi connectivity index (χ1n) is 5.76. The van der Waals surface area contributed by atoms with Crippen LogP contribution in [-0.4, -0.2) is 19.4 Å². The Morgan fingerprint density at radius 3 is 2.82 bits per heavy atom. The molecule has 1 fully saturated rings. The summed E-state index contributed by atoms with van der Waals surface area (Å²) in [5.41, 5.74) is 1.67. The number of aryl methyl sites for hydroxylation is 1. The molecule has 2 N–H and O–H groups in total. The van der Waals surface area contributed by atoms with Crippen LogP contribution in [0.1, 0.15) is 17.5 Å². The number of amides is 1. The predicted molar refractivity (Wildman–Crippen MR) is 58.7 cm³/mol. The van der Waals surface area contributed by atoms with Gasteiger partial charge in [0.1, 0.15) is 5.54 Å². The number of rotatable bonds is 0. The standard InChI is InChI=1S/C12H12N2O3/c15-11-12(14-5-13-11)2-1-7-3-9-10(4-8(7)12)17-6-16-9/h3-4,14H,1-2,5-6H2,(H,13,15). The van der Waals surface area contributed by atoms with Crippen molar-refractivity contribution >= 4 is 5.91 Å². The van der Waals surface area contributed by atoms with Gasteiger partial charge >= 0.3 is 0 Å². The molecular formula is C12H12N2O3. The average Bonchev–Trinajstić information content (AvgIpc) is 2.99. The van der Waals surface area contributed by atoms with Gasteiger partial charge in [0.05, 0.1) is 6.67 Å². The van der Waals surface area contributed by atoms with Gasteiger partial charge in [-0.1, -0.05) is 0 Å². The first-order valence-corrected chi connectivity index (χ1v) is 5.76. The molecule has 4 rings (SSSR count). The van der Waals surface area contributed by atoms with Crippen LogP contribution >= 0.6 is 0 Å². The molecule has 1 unspecified atom stereocenters. The maximum absolute atomic E-state index is 12.0. The summed E-state index contributed by atoms with van der Waals surface area (Å²) in [6.07, 6.45) is 1.70. The zero-order valence-electron chi connectivity index (χ0n) is 9.21. The van der Waals surface area contributed by atoms with Crippen LogP contribution in [0.3, 0.4) is 0 Å². The Bertz CT molecular complexity index is 529. The Hall–Kier alpha value is -1.75. The van der Waals surface area contributed by atoms with Crippen molar-refractivity contribution in [3.05, 3.63) is 23.3 Å². The zero-order valence-corrected chi connectivity index (χ0v) is 9.21. The number of hydrogen-bond acceptors (Lipinski definition) is 4. The van der Waals surface area contributed by atoms with Gasteiger partial charge in [-0.2, -0.15) is 0 Å². The van der Waals surface area contributed by atoms with E-state index in [-0.39, 0.29) is 12.7 Å². The molecule has 0 saturated carbocycles. The molecule has 1 saturated heterocycles. The molecule has 3 aliphatic rings. The molecule has 1 spiro atoms. The lowest BCUT2D eigenvalue weighted by Gasteiger charge is -2.21. The van der Waals surface area contributed by atoms with Gasteiger partial charge in [-0.05, 0) is 36.1 Å². The van der Waals surface area contributed by atoms with Crippen molar-refractivity contribution in [1.82, 2.24) is 10.6 Å². The number of nitrogens with one attached hydrogen (secondary N) is 2. The minimum atomic E-state index is -0.545. The number of fused-ring (bicyclic) bond motifs is 3. The molecule has 1 amide bonds. The average molecular weight is 232 g/mol. The van der Waals surface area contributed by atoms with Crippen LogP contribution < -0.4 is 20.1 Å². The highest BCUT2D eigenvalue weighted by Gasteiger charge is 2.48. The monoisotopic (exact) mass is 232 g/mol. The predicted octanol–water partition coefficient (Wildman–Crippen LogP) is 0.234. The minimum absolute atomic E-state index is 0.0649. The summed E-state index contributed by atoms with van der Waals surface area (Å²) >= 11 is 0. The molecule has 0 aromatic heterocycles. The van der Waals surface area contributed by atoms with E-state index in [1.807, 2.05) is 12.1 Å². The molecule has 1 aromatic rings. The number of ether oxygens (including phenoxy) is 2. The van der Waals surface area contributed by atoms with Crippen molar-refractivity contribution in [2.24, 2.45) is 0 Å². The van der Waals surface area contributed by atoms with Crippen molar-refractivity contribution < 1.29 is 14.3 Å². The highest BCUT2D eigenvalue weighted by molar-refractivity contribution is 5.91. The van der Waals surface area contributed by atoms with Crippen LogP contribution in [0.25, 0.3) is 0 Å². The highest BCUT2D eigenvalue weighted by atomic mass is 16.7. The first kappa shape index (κ1) is 9.30. The SMILES string of the molecule is O=C1NCNC12CCc1cc3c(cc12)OCO3. The number of carbonyl (C=O) groups is 1. The molecular weight excluding hydrogens is 220 g/mol. The summed E-state index contributed by atoms with van der Waals surface area (Å²) in [5, 5.41) is 6.11. The molecule has 1 aromatic carbocycles. The van der Waals surface area contributed by atoms with E-state index >= 15 is 0 Å². The zero-order chi connectivity index (χ0) is 11.5. The van der Waals surface area contributed by atoms with Gasteiger partial charge in [-0.25, -0.2) is 0 Å². The third kappa shape index (κ3) is 1.04. The fraction of sp³-hybridized carbons (Fsp3) is 0.417. The molecule has 1 atom stereocenters. The van der Waals surface area contributed by atoms with Gasteiger partial charge in [0.25, 0.3) is 0 Å². The lowest BCUT2D eigenvalue weighted by atomic mass is 9.92. The van der Waals surface area contributed by atoms with Crippen molar-refractivity contribution in [3.63, 3.8) is 0 Å². The summed E-state index contributed by atoms with van der Waals surface area (Å²) in [7, 11) is 0. The van der Waals surface area contributed by atoms with E-state index in [0.717, 1.165) is 29.9 Å². The van der Waals surface area contributed by atoms with Crippen molar-refractivity contribution in [2.75, 3.05) is 13.5 Å². The van der Waals surface area contributed by atoms with Crippen LogP contribution in [0.2, 0.25) is 0 Å². The first-order chi connectivity index (χ1) is 8.29. The van der Waals surface area contributed by atoms with Gasteiger partial charge in [0, 0.05) is 0 Å². The molecule has 1 aliphatic carbocycles. The second kappa shape index (κ2) is 2.92. The molecule has 5 heteroatoms. The normalized spacial score (nSPS) is 28.6. The maximum atomic E-state index is 12.0. The van der Waals surface area contributed by atoms with Crippen LogP contribution in [-0.2, 0) is 16.8 Å². The van der Waals surface area contributed by atoms with Crippen LogP contribution in [0.5, 0.6) is 11.5 Å². The topological polar surface area (TPSA) is 59.6 Å². The lowest BCUT2D eigenvalue weighted by Crippen LogP contribution is -2.41. The van der Waals surface area contributed by atoms with Gasteiger partial charge in [0.2, 0.25) is 12.7 Å². The summed E-state index contributed by atoms with van der Waals surface area (Å²) in [6.45, 7) is 0.803. The molecule has 2 heterocycles. The fourth-order valence-corrected chi connectivity index (χ4v) is 2.97. The Morgan fingerprint density at radius 2 is 2.06 bits per heavy atom. The van der Waals surface area contributed by atoms with E-state index in [2.05, 4.69) is 10.6 Å². The highest BCUT2D eigenvalue weighted by Crippen LogP contribution is 2.45. The lowest BCUT2D eigenvalue weighted by molar-refractivity contribution is -0.124. The smallest absolute Gasteiger partial charge is 0.245 e. The van der Waals surface area contributed by atoms with E-state index in [1.165, 1.54) is 5.56 Å². The molecule has 5 nitrogen and oxygen atoms in total. The number of carbonyl (C=O) groups excluding carboxylic acids is 1. The van der Waals surface area contributed by atoms with E-state index in [0.29, 0.717) is 6.67 Å². The second-order valence-electron chi connectivity index (χ2n) is 4.63. The second-order valence-corrected chi connectivity index (χ2v) is 4.63. The van der Waals surface area contributed by atoms with E-state index in [4.69, 9.17) is 9.47 Å². The summed E-state index contributed by atoms with van der Waals surface area (Å²) in [5.74, 6) is 1.60. The van der Waals surface area contributed by atoms with E-state index in [9.17, 15) is 4.79 Å². The Morgan fingerprint density at radius 1 is 1.24 bits per heavy atom. The molecule has 88 valence electrons. The van der Waals surface area contributed by atoms with Crippen molar-refractivity contribution in [2.45, 2.75) is 18.4 Å². The van der Waals surface area contributed by atoms with Crippen LogP contribution in [0, 0.1) is 0 Å². The third-order valence-corrected chi connectivity index (χ3v) is 3.85. The molecule has 2 aliphatic heterocycles. The molecule has 17 heavy (non-hydrogen) atoms. The van der Waals surface area contributed by atoms with Gasteiger partial charge in [-0.3, -0.25) is 10.1 Å². The van der Waals surface area contributed by atoms with Gasteiger partial charge < -0.3 is 14.8 Å².